The van der Waals surface area contributed by atoms with E-state index >= 15 is 0 Å². The van der Waals surface area contributed by atoms with Gasteiger partial charge in [0.15, 0.2) is 11.5 Å². The van der Waals surface area contributed by atoms with Gasteiger partial charge in [-0.1, -0.05) is 26.0 Å². The fraction of sp³-hybridized carbons (Fsp3) is 0.581. The summed E-state index contributed by atoms with van der Waals surface area (Å²) < 4.78 is 127. The smallest absolute Gasteiger partial charge is 0.435 e. The standard InChI is InChI=1S/C43H51F6N7O9S/c1-23-9-7-8-10-25-21-41(25,37(59)54-66(61,62)40(5)14-15-40)52-35(57)30-19-27(22-55(30)36(58)34(24(2)17-23)51-38(60)65-39(3,4)43(47,48)49)64-31-20-33(56-16-13-32(53-56)42(44,45)46)50-29-18-26(63-6)11-12-28(29)31/h8,10-13,16,18,20,23-25,27,30,34H,7,9,14-15,17,19,21-22H2,1-6H3,(H,51,60)(H,52,57)(H,54,59). The average Bonchev–Trinajstić information content (AvgIpc) is 3.99. The lowest BCUT2D eigenvalue weighted by atomic mass is 9.88. The van der Waals surface area contributed by atoms with Gasteiger partial charge in [-0.05, 0) is 89.3 Å². The van der Waals surface area contributed by atoms with Gasteiger partial charge in [-0.2, -0.15) is 31.4 Å². The molecule has 23 heteroatoms. The van der Waals surface area contributed by atoms with Gasteiger partial charge in [-0.25, -0.2) is 22.9 Å². The van der Waals surface area contributed by atoms with Gasteiger partial charge in [0.1, 0.15) is 35.2 Å². The number of allylic oxidation sites excluding steroid dienone is 1. The predicted molar refractivity (Wildman–Crippen MR) is 223 cm³/mol. The van der Waals surface area contributed by atoms with E-state index < -0.39 is 97.8 Å². The number of halogens is 6. The van der Waals surface area contributed by atoms with E-state index in [1.807, 2.05) is 13.0 Å². The molecule has 0 bridgehead atoms. The number of rotatable bonds is 9. The van der Waals surface area contributed by atoms with Gasteiger partial charge in [0, 0.05) is 36.1 Å². The maximum atomic E-state index is 14.9. The van der Waals surface area contributed by atoms with E-state index in [2.05, 4.69) is 25.4 Å². The first-order chi connectivity index (χ1) is 30.7. The number of aromatic nitrogens is 3. The summed E-state index contributed by atoms with van der Waals surface area (Å²) in [5.41, 5.74) is -5.70. The van der Waals surface area contributed by atoms with Crippen LogP contribution in [0.2, 0.25) is 0 Å². The number of hydrogen-bond donors (Lipinski definition) is 3. The summed E-state index contributed by atoms with van der Waals surface area (Å²) in [5, 5.41) is 9.04. The highest BCUT2D eigenvalue weighted by atomic mass is 32.2. The Bertz CT molecular complexity index is 2540. The van der Waals surface area contributed by atoms with E-state index in [0.29, 0.717) is 50.7 Å². The third-order valence-corrected chi connectivity index (χ3v) is 15.1. The third-order valence-electron chi connectivity index (χ3n) is 12.9. The molecule has 3 aromatic rings. The van der Waals surface area contributed by atoms with E-state index in [0.717, 1.165) is 21.8 Å². The van der Waals surface area contributed by atoms with Crippen molar-refractivity contribution in [3.63, 3.8) is 0 Å². The molecule has 1 saturated heterocycles. The van der Waals surface area contributed by atoms with E-state index in [-0.39, 0.29) is 48.8 Å². The van der Waals surface area contributed by atoms with Crippen LogP contribution in [0.4, 0.5) is 31.1 Å². The summed E-state index contributed by atoms with van der Waals surface area (Å²) in [5.74, 6) is -3.99. The number of nitrogens with zero attached hydrogens (tertiary/aromatic N) is 4. The zero-order valence-electron chi connectivity index (χ0n) is 36.9. The number of ether oxygens (including phenoxy) is 3. The molecule has 4 aliphatic rings. The second-order valence-corrected chi connectivity index (χ2v) is 20.7. The number of nitrogens with one attached hydrogen (secondary N) is 3. The number of amides is 4. The zero-order valence-corrected chi connectivity index (χ0v) is 37.7. The summed E-state index contributed by atoms with van der Waals surface area (Å²) in [6, 6.07) is 3.68. The molecule has 4 amide bonds. The number of alkyl carbamates (subject to hydrolysis) is 1. The van der Waals surface area contributed by atoms with Crippen LogP contribution in [0.5, 0.6) is 11.5 Å². The molecule has 3 fully saturated rings. The molecular formula is C43H51F6N7O9S. The number of methoxy groups -OCH3 is 1. The minimum absolute atomic E-state index is 0.0181. The Morgan fingerprint density at radius 2 is 1.73 bits per heavy atom. The molecule has 0 spiro atoms. The van der Waals surface area contributed by atoms with Crippen molar-refractivity contribution in [3.8, 4) is 17.3 Å². The average molecular weight is 956 g/mol. The topological polar surface area (TPSA) is 200 Å². The lowest BCUT2D eigenvalue weighted by Gasteiger charge is -2.34. The monoisotopic (exact) mass is 955 g/mol. The van der Waals surface area contributed by atoms with Crippen LogP contribution in [0.3, 0.4) is 0 Å². The van der Waals surface area contributed by atoms with Crippen LogP contribution in [0.1, 0.15) is 85.3 Å². The largest absolute Gasteiger partial charge is 0.497 e. The van der Waals surface area contributed by atoms with Crippen molar-refractivity contribution in [2.45, 2.75) is 126 Å². The summed E-state index contributed by atoms with van der Waals surface area (Å²) in [4.78, 5) is 62.5. The number of sulfonamides is 1. The van der Waals surface area contributed by atoms with Crippen LogP contribution < -0.4 is 24.8 Å². The number of carbonyl (C=O) groups is 4. The number of benzene rings is 1. The van der Waals surface area contributed by atoms with Crippen molar-refractivity contribution in [2.75, 3.05) is 13.7 Å². The Labute approximate surface area is 376 Å². The van der Waals surface area contributed by atoms with Gasteiger partial charge in [0.25, 0.3) is 5.91 Å². The minimum atomic E-state index is -4.98. The number of alkyl halides is 6. The first kappa shape index (κ1) is 48.3. The lowest BCUT2D eigenvalue weighted by Crippen LogP contribution is -2.59. The molecule has 7 atom stereocenters. The number of pyridine rings is 1. The number of fused-ring (bicyclic) bond motifs is 3. The van der Waals surface area contributed by atoms with Crippen molar-refractivity contribution in [1.29, 1.82) is 0 Å². The third kappa shape index (κ3) is 9.76. The predicted octanol–water partition coefficient (Wildman–Crippen LogP) is 6.12. The van der Waals surface area contributed by atoms with Crippen LogP contribution in [0.15, 0.2) is 48.7 Å². The molecule has 0 radical (unpaired) electrons. The second-order valence-electron chi connectivity index (χ2n) is 18.5. The van der Waals surface area contributed by atoms with Crippen molar-refractivity contribution in [2.24, 2.45) is 17.8 Å². The Morgan fingerprint density at radius 3 is 2.36 bits per heavy atom. The molecule has 66 heavy (non-hydrogen) atoms. The number of carbonyl (C=O) groups excluding carboxylic acids is 4. The fourth-order valence-corrected chi connectivity index (χ4v) is 9.64. The van der Waals surface area contributed by atoms with Crippen LogP contribution in [-0.2, 0) is 35.3 Å². The van der Waals surface area contributed by atoms with E-state index in [4.69, 9.17) is 14.2 Å². The first-order valence-electron chi connectivity index (χ1n) is 21.4. The Morgan fingerprint density at radius 1 is 1.02 bits per heavy atom. The van der Waals surface area contributed by atoms with E-state index in [1.165, 1.54) is 26.2 Å². The Balaban J connectivity index is 1.27. The highest BCUT2D eigenvalue weighted by Crippen LogP contribution is 2.48. The SMILES string of the molecule is COc1ccc2c(OC3CC4C(=O)NC5(C(=O)NS(=O)(=O)C6(C)CC6)CC5C=CCCC(C)CC(C)C(NC(=O)OC(C)(C)C(F)(F)F)C(=O)N4C3)cc(-n3ccc(C(F)(F)F)n3)nc2c1. The van der Waals surface area contributed by atoms with Gasteiger partial charge >= 0.3 is 18.4 Å². The fourth-order valence-electron chi connectivity index (χ4n) is 8.33. The first-order valence-corrected chi connectivity index (χ1v) is 22.9. The van der Waals surface area contributed by atoms with Crippen LogP contribution in [0.25, 0.3) is 16.7 Å². The molecule has 2 aromatic heterocycles. The van der Waals surface area contributed by atoms with E-state index in [9.17, 15) is 53.9 Å². The lowest BCUT2D eigenvalue weighted by molar-refractivity contribution is -0.244. The van der Waals surface area contributed by atoms with Gasteiger partial charge in [-0.15, -0.1) is 0 Å². The molecule has 2 aliphatic heterocycles. The quantitative estimate of drug-likeness (QED) is 0.165. The Hall–Kier alpha value is -5.61. The highest BCUT2D eigenvalue weighted by Gasteiger charge is 2.63. The van der Waals surface area contributed by atoms with Gasteiger partial charge in [-0.3, -0.25) is 19.1 Å². The molecule has 2 saturated carbocycles. The summed E-state index contributed by atoms with van der Waals surface area (Å²) in [6.07, 6.45) is -6.12. The highest BCUT2D eigenvalue weighted by molar-refractivity contribution is 7.91. The molecule has 3 N–H and O–H groups in total. The van der Waals surface area contributed by atoms with Crippen LogP contribution in [0, 0.1) is 17.8 Å². The maximum Gasteiger partial charge on any atom is 0.435 e. The molecule has 2 aliphatic carbocycles. The molecule has 7 rings (SSSR count). The van der Waals surface area contributed by atoms with Crippen molar-refractivity contribution in [3.05, 3.63) is 54.4 Å². The molecule has 16 nitrogen and oxygen atoms in total. The minimum Gasteiger partial charge on any atom is -0.497 e. The van der Waals surface area contributed by atoms with Crippen molar-refractivity contribution >= 4 is 44.7 Å². The second kappa shape index (κ2) is 17.2. The summed E-state index contributed by atoms with van der Waals surface area (Å²) in [7, 11) is -2.77. The Kier molecular flexibility index (Phi) is 12.6. The van der Waals surface area contributed by atoms with Gasteiger partial charge < -0.3 is 29.7 Å². The normalized spacial score (nSPS) is 27.1. The van der Waals surface area contributed by atoms with Crippen molar-refractivity contribution < 1.29 is 68.1 Å². The maximum absolute atomic E-state index is 14.9. The van der Waals surface area contributed by atoms with Crippen molar-refractivity contribution in [1.82, 2.24) is 35.0 Å². The van der Waals surface area contributed by atoms with Crippen LogP contribution >= 0.6 is 0 Å². The van der Waals surface area contributed by atoms with E-state index in [1.54, 1.807) is 25.1 Å². The van der Waals surface area contributed by atoms with Gasteiger partial charge in [0.05, 0.1) is 23.9 Å². The summed E-state index contributed by atoms with van der Waals surface area (Å²) in [6.45, 7) is 5.91. The summed E-state index contributed by atoms with van der Waals surface area (Å²) >= 11 is 0. The van der Waals surface area contributed by atoms with Gasteiger partial charge in [0.2, 0.25) is 27.4 Å². The zero-order chi connectivity index (χ0) is 48.4. The molecular weight excluding hydrogens is 905 g/mol. The molecule has 360 valence electrons. The number of hydrogen-bond acceptors (Lipinski definition) is 11. The molecule has 7 unspecified atom stereocenters. The molecule has 1 aromatic carbocycles. The molecule has 4 heterocycles. The van der Waals surface area contributed by atoms with Crippen LogP contribution in [-0.4, -0.2) is 106 Å².